The first-order valence-electron chi connectivity index (χ1n) is 10.1. The number of pyridine rings is 1. The highest BCUT2D eigenvalue weighted by atomic mass is 19.1. The quantitative estimate of drug-likeness (QED) is 0.482. The Balaban J connectivity index is 1.64. The van der Waals surface area contributed by atoms with Crippen molar-refractivity contribution in [3.05, 3.63) is 65.9 Å². The molecule has 5 nitrogen and oxygen atoms in total. The van der Waals surface area contributed by atoms with Crippen LogP contribution in [-0.2, 0) is 4.79 Å². The van der Waals surface area contributed by atoms with Gasteiger partial charge in [-0.3, -0.25) is 14.6 Å². The minimum Gasteiger partial charge on any atom is -0.361 e. The number of hydrogen-bond donors (Lipinski definition) is 2. The number of amides is 1. The summed E-state index contributed by atoms with van der Waals surface area (Å²) in [6, 6.07) is 7.54. The summed E-state index contributed by atoms with van der Waals surface area (Å²) in [4.78, 5) is 33.4. The fourth-order valence-corrected chi connectivity index (χ4v) is 4.18. The van der Waals surface area contributed by atoms with Crippen LogP contribution in [-0.4, -0.2) is 28.2 Å². The summed E-state index contributed by atoms with van der Waals surface area (Å²) in [7, 11) is 0. The molecule has 3 aromatic rings. The summed E-state index contributed by atoms with van der Waals surface area (Å²) in [5.74, 6) is -1.52. The molecular weight excluding hydrogens is 369 g/mol. The highest BCUT2D eigenvalue weighted by molar-refractivity contribution is 6.16. The number of aromatic amines is 1. The maximum atomic E-state index is 13.6. The molecule has 6 heteroatoms. The van der Waals surface area contributed by atoms with Crippen molar-refractivity contribution in [3.8, 4) is 0 Å². The van der Waals surface area contributed by atoms with E-state index in [9.17, 15) is 14.0 Å². The van der Waals surface area contributed by atoms with Gasteiger partial charge in [0.05, 0.1) is 0 Å². The molecule has 1 unspecified atom stereocenters. The fraction of sp³-hybridized carbons (Fsp3) is 0.348. The minimum atomic E-state index is -1.000. The topological polar surface area (TPSA) is 74.8 Å². The number of Topliss-reactive ketones (excluding diaryl/α,β-unsaturated/α-hetero) is 1. The second kappa shape index (κ2) is 8.55. The summed E-state index contributed by atoms with van der Waals surface area (Å²) in [6.07, 6.45) is 10.5. The van der Waals surface area contributed by atoms with E-state index in [0.29, 0.717) is 34.5 Å². The molecule has 2 N–H and O–H groups in total. The zero-order valence-electron chi connectivity index (χ0n) is 16.2. The molecule has 1 aliphatic carbocycles. The third-order valence-corrected chi connectivity index (χ3v) is 5.77. The summed E-state index contributed by atoms with van der Waals surface area (Å²) in [6.45, 7) is 0.579. The molecule has 1 saturated carbocycles. The van der Waals surface area contributed by atoms with E-state index in [1.54, 1.807) is 24.4 Å². The van der Waals surface area contributed by atoms with Crippen molar-refractivity contribution in [3.63, 3.8) is 0 Å². The van der Waals surface area contributed by atoms with Gasteiger partial charge in [0.25, 0.3) is 0 Å². The SMILES string of the molecule is O=C(NCC1CCCCC1)C(C(=O)c1ccncc1)c1c[nH]c2cc(F)ccc12. The third kappa shape index (κ3) is 4.21. The highest BCUT2D eigenvalue weighted by Gasteiger charge is 2.32. The highest BCUT2D eigenvalue weighted by Crippen LogP contribution is 2.30. The zero-order chi connectivity index (χ0) is 20.2. The molecule has 0 aliphatic heterocycles. The van der Waals surface area contributed by atoms with Gasteiger partial charge < -0.3 is 10.3 Å². The predicted octanol–water partition coefficient (Wildman–Crippen LogP) is 4.37. The van der Waals surface area contributed by atoms with Gasteiger partial charge in [-0.15, -0.1) is 0 Å². The number of hydrogen-bond acceptors (Lipinski definition) is 3. The van der Waals surface area contributed by atoms with Crippen LogP contribution in [0.4, 0.5) is 4.39 Å². The van der Waals surface area contributed by atoms with Gasteiger partial charge in [-0.25, -0.2) is 4.39 Å². The summed E-state index contributed by atoms with van der Waals surface area (Å²) < 4.78 is 13.6. The maximum absolute atomic E-state index is 13.6. The number of carbonyl (C=O) groups is 2. The molecule has 4 rings (SSSR count). The van der Waals surface area contributed by atoms with Gasteiger partial charge in [0.1, 0.15) is 11.7 Å². The number of halogens is 1. The molecule has 2 heterocycles. The normalized spacial score (nSPS) is 15.9. The fourth-order valence-electron chi connectivity index (χ4n) is 4.18. The van der Waals surface area contributed by atoms with Gasteiger partial charge in [0.15, 0.2) is 5.78 Å². The number of ketones is 1. The summed E-state index contributed by atoms with van der Waals surface area (Å²) in [5, 5.41) is 3.68. The Kier molecular flexibility index (Phi) is 5.69. The van der Waals surface area contributed by atoms with Crippen molar-refractivity contribution in [2.24, 2.45) is 5.92 Å². The number of rotatable bonds is 6. The van der Waals surface area contributed by atoms with Crippen molar-refractivity contribution >= 4 is 22.6 Å². The molecule has 29 heavy (non-hydrogen) atoms. The predicted molar refractivity (Wildman–Crippen MR) is 109 cm³/mol. The molecule has 0 saturated heterocycles. The summed E-state index contributed by atoms with van der Waals surface area (Å²) >= 11 is 0. The number of fused-ring (bicyclic) bond motifs is 1. The van der Waals surface area contributed by atoms with E-state index < -0.39 is 5.92 Å². The molecular formula is C23H24FN3O2. The average Bonchev–Trinajstić information content (AvgIpc) is 3.16. The van der Waals surface area contributed by atoms with E-state index in [1.165, 1.54) is 43.8 Å². The Morgan fingerprint density at radius 1 is 1.14 bits per heavy atom. The lowest BCUT2D eigenvalue weighted by atomic mass is 9.87. The van der Waals surface area contributed by atoms with Crippen LogP contribution in [0.3, 0.4) is 0 Å². The largest absolute Gasteiger partial charge is 0.361 e. The van der Waals surface area contributed by atoms with Gasteiger partial charge in [0.2, 0.25) is 5.91 Å². The minimum absolute atomic E-state index is 0.293. The van der Waals surface area contributed by atoms with Crippen molar-refractivity contribution in [1.82, 2.24) is 15.3 Å². The van der Waals surface area contributed by atoms with Crippen LogP contribution in [0, 0.1) is 11.7 Å². The van der Waals surface area contributed by atoms with E-state index in [0.717, 1.165) is 12.8 Å². The first-order chi connectivity index (χ1) is 14.1. The van der Waals surface area contributed by atoms with Crippen LogP contribution >= 0.6 is 0 Å². The molecule has 2 aromatic heterocycles. The van der Waals surface area contributed by atoms with E-state index in [2.05, 4.69) is 15.3 Å². The first-order valence-corrected chi connectivity index (χ1v) is 10.1. The number of aromatic nitrogens is 2. The lowest BCUT2D eigenvalue weighted by molar-refractivity contribution is -0.121. The van der Waals surface area contributed by atoms with Crippen LogP contribution in [0.25, 0.3) is 10.9 Å². The lowest BCUT2D eigenvalue weighted by Gasteiger charge is -2.23. The van der Waals surface area contributed by atoms with E-state index >= 15 is 0 Å². The van der Waals surface area contributed by atoms with Gasteiger partial charge >= 0.3 is 0 Å². The van der Waals surface area contributed by atoms with Gasteiger partial charge in [0, 0.05) is 41.6 Å². The van der Waals surface area contributed by atoms with Gasteiger partial charge in [-0.1, -0.05) is 19.3 Å². The number of nitrogens with one attached hydrogen (secondary N) is 2. The second-order valence-corrected chi connectivity index (χ2v) is 7.72. The number of H-pyrrole nitrogens is 1. The van der Waals surface area contributed by atoms with Crippen LogP contribution < -0.4 is 5.32 Å². The van der Waals surface area contributed by atoms with E-state index in [-0.39, 0.29) is 17.5 Å². The zero-order valence-corrected chi connectivity index (χ0v) is 16.2. The van der Waals surface area contributed by atoms with Crippen molar-refractivity contribution in [2.75, 3.05) is 6.54 Å². The number of benzene rings is 1. The molecule has 0 spiro atoms. The van der Waals surface area contributed by atoms with Gasteiger partial charge in [-0.2, -0.15) is 0 Å². The second-order valence-electron chi connectivity index (χ2n) is 7.72. The van der Waals surface area contributed by atoms with Crippen molar-refractivity contribution < 1.29 is 14.0 Å². The third-order valence-electron chi connectivity index (χ3n) is 5.77. The van der Waals surface area contributed by atoms with Crippen molar-refractivity contribution in [1.29, 1.82) is 0 Å². The van der Waals surface area contributed by atoms with Crippen LogP contribution in [0.5, 0.6) is 0 Å². The van der Waals surface area contributed by atoms with Crippen LogP contribution in [0.1, 0.15) is 53.9 Å². The Bertz CT molecular complexity index is 1010. The van der Waals surface area contributed by atoms with E-state index in [4.69, 9.17) is 0 Å². The average molecular weight is 393 g/mol. The van der Waals surface area contributed by atoms with Crippen molar-refractivity contribution in [2.45, 2.75) is 38.0 Å². The Labute approximate surface area is 168 Å². The molecule has 150 valence electrons. The molecule has 0 radical (unpaired) electrons. The standard InChI is InChI=1S/C23H24FN3O2/c24-17-6-7-18-19(14-26-20(18)12-17)21(22(28)16-8-10-25-11-9-16)23(29)27-13-15-4-2-1-3-5-15/h6-12,14-15,21,26H,1-5,13H2,(H,27,29). The van der Waals surface area contributed by atoms with Crippen LogP contribution in [0.15, 0.2) is 48.9 Å². The molecule has 1 fully saturated rings. The molecule has 1 aliphatic rings. The summed E-state index contributed by atoms with van der Waals surface area (Å²) in [5.41, 5.74) is 1.55. The van der Waals surface area contributed by atoms with Gasteiger partial charge in [-0.05, 0) is 54.7 Å². The maximum Gasteiger partial charge on any atom is 0.235 e. The number of carbonyl (C=O) groups excluding carboxylic acids is 2. The van der Waals surface area contributed by atoms with Crippen LogP contribution in [0.2, 0.25) is 0 Å². The molecule has 1 atom stereocenters. The Morgan fingerprint density at radius 3 is 2.66 bits per heavy atom. The smallest absolute Gasteiger partial charge is 0.235 e. The molecule has 1 aromatic carbocycles. The Morgan fingerprint density at radius 2 is 1.90 bits per heavy atom. The number of nitrogens with zero attached hydrogens (tertiary/aromatic N) is 1. The monoisotopic (exact) mass is 393 g/mol. The lowest BCUT2D eigenvalue weighted by Crippen LogP contribution is -2.37. The molecule has 0 bridgehead atoms. The first kappa shape index (κ1) is 19.3. The molecule has 1 amide bonds. The van der Waals surface area contributed by atoms with E-state index in [1.807, 2.05) is 0 Å². The Hall–Kier alpha value is -3.02.